The van der Waals surface area contributed by atoms with Crippen molar-refractivity contribution in [3.05, 3.63) is 71.9 Å². The van der Waals surface area contributed by atoms with Crippen LogP contribution in [0.15, 0.2) is 66.3 Å². The Balaban J connectivity index is 2.04. The van der Waals surface area contributed by atoms with E-state index in [1.807, 2.05) is 30.4 Å². The van der Waals surface area contributed by atoms with Gasteiger partial charge in [-0.1, -0.05) is 54.7 Å². The quantitative estimate of drug-likeness (QED) is 0.851. The zero-order valence-corrected chi connectivity index (χ0v) is 10.2. The van der Waals surface area contributed by atoms with Crippen LogP contribution in [-0.2, 0) is 0 Å². The minimum absolute atomic E-state index is 0.277. The van der Waals surface area contributed by atoms with Crippen molar-refractivity contribution in [2.45, 2.75) is 0 Å². The second kappa shape index (κ2) is 6.03. The van der Waals surface area contributed by atoms with Crippen LogP contribution >= 0.6 is 0 Å². The Morgan fingerprint density at radius 2 is 1.94 bits per heavy atom. The molecule has 2 nitrogen and oxygen atoms in total. The van der Waals surface area contributed by atoms with Gasteiger partial charge in [0.2, 0.25) is 0 Å². The molecule has 0 amide bonds. The third kappa shape index (κ3) is 3.47. The fraction of sp³-hybridized carbons (Fsp3) is 0.125. The Morgan fingerprint density at radius 3 is 2.67 bits per heavy atom. The van der Waals surface area contributed by atoms with E-state index in [1.54, 1.807) is 12.1 Å². The van der Waals surface area contributed by atoms with E-state index in [9.17, 15) is 5.11 Å². The molecule has 0 bridgehead atoms. The smallest absolute Gasteiger partial charge is 0.115 e. The molecule has 18 heavy (non-hydrogen) atoms. The summed E-state index contributed by atoms with van der Waals surface area (Å²) in [6.45, 7) is 0.565. The van der Waals surface area contributed by atoms with E-state index < -0.39 is 0 Å². The van der Waals surface area contributed by atoms with Crippen LogP contribution in [0, 0.1) is 5.92 Å². The highest BCUT2D eigenvalue weighted by atomic mass is 16.3. The summed E-state index contributed by atoms with van der Waals surface area (Å²) < 4.78 is 0. The molecule has 0 saturated heterocycles. The van der Waals surface area contributed by atoms with Gasteiger partial charge in [-0.2, -0.15) is 0 Å². The summed E-state index contributed by atoms with van der Waals surface area (Å²) in [4.78, 5) is 0. The SMILES string of the molecule is NCC1=CC=CC(/C=C/c2ccc(O)cc2)C=C1. The van der Waals surface area contributed by atoms with Crippen molar-refractivity contribution in [2.75, 3.05) is 6.54 Å². The van der Waals surface area contributed by atoms with Gasteiger partial charge in [-0.3, -0.25) is 0 Å². The maximum Gasteiger partial charge on any atom is 0.115 e. The van der Waals surface area contributed by atoms with Crippen LogP contribution in [0.5, 0.6) is 5.75 Å². The van der Waals surface area contributed by atoms with E-state index in [-0.39, 0.29) is 11.7 Å². The summed E-state index contributed by atoms with van der Waals surface area (Å²) in [6.07, 6.45) is 14.5. The molecular formula is C16H17NO. The van der Waals surface area contributed by atoms with Crippen LogP contribution in [0.2, 0.25) is 0 Å². The Kier molecular flexibility index (Phi) is 4.15. The third-order valence-corrected chi connectivity index (χ3v) is 2.82. The molecule has 0 saturated carbocycles. The predicted molar refractivity (Wildman–Crippen MR) is 76.0 cm³/mol. The summed E-state index contributed by atoms with van der Waals surface area (Å²) in [7, 11) is 0. The van der Waals surface area contributed by atoms with E-state index in [2.05, 4.69) is 24.3 Å². The van der Waals surface area contributed by atoms with Gasteiger partial charge in [0.15, 0.2) is 0 Å². The Labute approximate surface area is 107 Å². The van der Waals surface area contributed by atoms with Crippen molar-refractivity contribution in [2.24, 2.45) is 11.7 Å². The molecule has 1 aliphatic rings. The van der Waals surface area contributed by atoms with E-state index in [0.29, 0.717) is 6.54 Å². The number of phenolic OH excluding ortho intramolecular Hbond substituents is 1. The highest BCUT2D eigenvalue weighted by Crippen LogP contribution is 2.15. The van der Waals surface area contributed by atoms with Gasteiger partial charge in [-0.05, 0) is 23.3 Å². The van der Waals surface area contributed by atoms with Crippen molar-refractivity contribution >= 4 is 6.08 Å². The molecular weight excluding hydrogens is 222 g/mol. The lowest BCUT2D eigenvalue weighted by Crippen LogP contribution is -2.00. The average molecular weight is 239 g/mol. The average Bonchev–Trinajstić information content (AvgIpc) is 2.63. The molecule has 0 fully saturated rings. The predicted octanol–water partition coefficient (Wildman–Crippen LogP) is 3.03. The molecule has 0 radical (unpaired) electrons. The molecule has 0 aliphatic heterocycles. The van der Waals surface area contributed by atoms with Gasteiger partial charge in [-0.25, -0.2) is 0 Å². The third-order valence-electron chi connectivity index (χ3n) is 2.82. The number of hydrogen-bond acceptors (Lipinski definition) is 2. The van der Waals surface area contributed by atoms with Gasteiger partial charge in [0, 0.05) is 12.5 Å². The molecule has 2 heteroatoms. The molecule has 1 unspecified atom stereocenters. The van der Waals surface area contributed by atoms with Crippen LogP contribution in [-0.4, -0.2) is 11.7 Å². The van der Waals surface area contributed by atoms with Crippen LogP contribution in [0.4, 0.5) is 0 Å². The molecule has 3 N–H and O–H groups in total. The summed E-state index contributed by atoms with van der Waals surface area (Å²) in [6, 6.07) is 7.15. The lowest BCUT2D eigenvalue weighted by molar-refractivity contribution is 0.475. The van der Waals surface area contributed by atoms with Gasteiger partial charge in [0.25, 0.3) is 0 Å². The van der Waals surface area contributed by atoms with E-state index in [1.165, 1.54) is 0 Å². The first-order valence-electron chi connectivity index (χ1n) is 6.01. The van der Waals surface area contributed by atoms with Crippen molar-refractivity contribution in [1.82, 2.24) is 0 Å². The number of phenols is 1. The van der Waals surface area contributed by atoms with Gasteiger partial charge in [0.1, 0.15) is 5.75 Å². The zero-order chi connectivity index (χ0) is 12.8. The van der Waals surface area contributed by atoms with E-state index in [0.717, 1.165) is 11.1 Å². The Hall–Kier alpha value is -2.06. The number of hydrogen-bond donors (Lipinski definition) is 2. The lowest BCUT2D eigenvalue weighted by Gasteiger charge is -2.00. The standard InChI is InChI=1S/C16H17NO/c17-12-15-3-1-2-13(6-7-15)4-5-14-8-10-16(18)11-9-14/h1-11,13,18H,12,17H2/b5-4+. The molecule has 0 heterocycles. The van der Waals surface area contributed by atoms with E-state index in [4.69, 9.17) is 5.73 Å². The van der Waals surface area contributed by atoms with Gasteiger partial charge < -0.3 is 10.8 Å². The summed E-state index contributed by atoms with van der Waals surface area (Å²) in [5, 5.41) is 9.20. The summed E-state index contributed by atoms with van der Waals surface area (Å²) in [5.74, 6) is 0.567. The zero-order valence-electron chi connectivity index (χ0n) is 10.2. The molecule has 2 rings (SSSR count). The number of benzene rings is 1. The summed E-state index contributed by atoms with van der Waals surface area (Å²) >= 11 is 0. The lowest BCUT2D eigenvalue weighted by atomic mass is 10.1. The molecule has 0 aromatic heterocycles. The normalized spacial score (nSPS) is 18.9. The largest absolute Gasteiger partial charge is 0.508 e. The highest BCUT2D eigenvalue weighted by molar-refractivity contribution is 5.51. The first-order valence-corrected chi connectivity index (χ1v) is 6.01. The number of rotatable bonds is 3. The fourth-order valence-corrected chi connectivity index (χ4v) is 1.73. The number of allylic oxidation sites excluding steroid dienone is 5. The molecule has 0 spiro atoms. The van der Waals surface area contributed by atoms with Gasteiger partial charge in [0.05, 0.1) is 0 Å². The maximum atomic E-state index is 9.20. The molecule has 1 aliphatic carbocycles. The van der Waals surface area contributed by atoms with Crippen molar-refractivity contribution in [1.29, 1.82) is 0 Å². The van der Waals surface area contributed by atoms with Gasteiger partial charge >= 0.3 is 0 Å². The van der Waals surface area contributed by atoms with Crippen LogP contribution in [0.25, 0.3) is 6.08 Å². The molecule has 1 aromatic rings. The van der Waals surface area contributed by atoms with Crippen LogP contribution < -0.4 is 5.73 Å². The van der Waals surface area contributed by atoms with Crippen molar-refractivity contribution in [3.63, 3.8) is 0 Å². The molecule has 1 aromatic carbocycles. The summed E-state index contributed by atoms with van der Waals surface area (Å²) in [5.41, 5.74) is 7.81. The topological polar surface area (TPSA) is 46.2 Å². The highest BCUT2D eigenvalue weighted by Gasteiger charge is 1.98. The van der Waals surface area contributed by atoms with Gasteiger partial charge in [-0.15, -0.1) is 0 Å². The first kappa shape index (κ1) is 12.4. The van der Waals surface area contributed by atoms with E-state index >= 15 is 0 Å². The van der Waals surface area contributed by atoms with Crippen molar-refractivity contribution in [3.8, 4) is 5.75 Å². The number of aromatic hydroxyl groups is 1. The fourth-order valence-electron chi connectivity index (χ4n) is 1.73. The maximum absolute atomic E-state index is 9.20. The minimum Gasteiger partial charge on any atom is -0.508 e. The monoisotopic (exact) mass is 239 g/mol. The minimum atomic E-state index is 0.277. The second-order valence-electron chi connectivity index (χ2n) is 4.22. The Morgan fingerprint density at radius 1 is 1.17 bits per heavy atom. The second-order valence-corrected chi connectivity index (χ2v) is 4.22. The first-order chi connectivity index (χ1) is 8.78. The van der Waals surface area contributed by atoms with Crippen LogP contribution in [0.1, 0.15) is 5.56 Å². The van der Waals surface area contributed by atoms with Crippen LogP contribution in [0.3, 0.4) is 0 Å². The molecule has 92 valence electrons. The molecule has 1 atom stereocenters. The number of nitrogens with two attached hydrogens (primary N) is 1. The Bertz CT molecular complexity index is 506. The van der Waals surface area contributed by atoms with Crippen molar-refractivity contribution < 1.29 is 5.11 Å².